The Hall–Kier alpha value is -2.17. The minimum absolute atomic E-state index is 0.0839. The molecule has 2 heterocycles. The van der Waals surface area contributed by atoms with Gasteiger partial charge in [0.15, 0.2) is 11.5 Å². The molecule has 0 bridgehead atoms. The maximum absolute atomic E-state index is 12.7. The maximum atomic E-state index is 12.7. The van der Waals surface area contributed by atoms with Crippen molar-refractivity contribution < 1.29 is 14.3 Å². The standard InChI is InChI=1S/C20H28N2O3/c1-20(2)13-14-10-17(24-3)18(25-4)11-15(14)16(21-20)12-19(23)22-8-6-5-7-9-22/h10-12,21H,5-9,13H2,1-4H3. The number of rotatable bonds is 3. The van der Waals surface area contributed by atoms with E-state index in [1.807, 2.05) is 17.0 Å². The fourth-order valence-electron chi connectivity index (χ4n) is 3.71. The molecular weight excluding hydrogens is 316 g/mol. The molecule has 0 unspecified atom stereocenters. The molecule has 25 heavy (non-hydrogen) atoms. The van der Waals surface area contributed by atoms with Gasteiger partial charge in [-0.25, -0.2) is 0 Å². The van der Waals surface area contributed by atoms with Crippen molar-refractivity contribution in [2.75, 3.05) is 27.3 Å². The normalized spacial score (nSPS) is 20.6. The number of carbonyl (C=O) groups excluding carboxylic acids is 1. The number of piperidine rings is 1. The topological polar surface area (TPSA) is 50.8 Å². The zero-order valence-electron chi connectivity index (χ0n) is 15.6. The number of methoxy groups -OCH3 is 2. The second-order valence-electron chi connectivity index (χ2n) is 7.49. The first-order valence-electron chi connectivity index (χ1n) is 8.97. The average Bonchev–Trinajstić information content (AvgIpc) is 2.60. The zero-order chi connectivity index (χ0) is 18.0. The zero-order valence-corrected chi connectivity index (χ0v) is 15.6. The van der Waals surface area contributed by atoms with Crippen LogP contribution in [0.15, 0.2) is 18.2 Å². The largest absolute Gasteiger partial charge is 0.493 e. The molecule has 0 spiro atoms. The molecule has 1 saturated heterocycles. The van der Waals surface area contributed by atoms with E-state index >= 15 is 0 Å². The Morgan fingerprint density at radius 2 is 1.76 bits per heavy atom. The van der Waals surface area contributed by atoms with Crippen molar-refractivity contribution >= 4 is 11.6 Å². The number of amides is 1. The van der Waals surface area contributed by atoms with Crippen LogP contribution in [0.5, 0.6) is 11.5 Å². The van der Waals surface area contributed by atoms with E-state index < -0.39 is 0 Å². The molecule has 5 nitrogen and oxygen atoms in total. The summed E-state index contributed by atoms with van der Waals surface area (Å²) in [7, 11) is 3.28. The van der Waals surface area contributed by atoms with Crippen LogP contribution in [0.4, 0.5) is 0 Å². The van der Waals surface area contributed by atoms with Crippen LogP contribution in [0.2, 0.25) is 0 Å². The summed E-state index contributed by atoms with van der Waals surface area (Å²) in [4.78, 5) is 14.7. The molecule has 136 valence electrons. The smallest absolute Gasteiger partial charge is 0.248 e. The molecule has 1 aromatic carbocycles. The fraction of sp³-hybridized carbons (Fsp3) is 0.550. The van der Waals surface area contributed by atoms with Gasteiger partial charge >= 0.3 is 0 Å². The number of benzene rings is 1. The van der Waals surface area contributed by atoms with Crippen molar-refractivity contribution in [1.82, 2.24) is 10.2 Å². The molecule has 2 aliphatic rings. The molecule has 0 saturated carbocycles. The van der Waals surface area contributed by atoms with Gasteiger partial charge in [-0.05, 0) is 57.2 Å². The first kappa shape index (κ1) is 17.6. The van der Waals surface area contributed by atoms with Crippen LogP contribution in [0.1, 0.15) is 44.2 Å². The highest BCUT2D eigenvalue weighted by Gasteiger charge is 2.30. The number of hydrogen-bond acceptors (Lipinski definition) is 4. The third-order valence-electron chi connectivity index (χ3n) is 4.94. The predicted octanol–water partition coefficient (Wildman–Crippen LogP) is 2.98. The number of fused-ring (bicyclic) bond motifs is 1. The van der Waals surface area contributed by atoms with Crippen molar-refractivity contribution in [2.24, 2.45) is 0 Å². The third-order valence-corrected chi connectivity index (χ3v) is 4.94. The highest BCUT2D eigenvalue weighted by molar-refractivity contribution is 5.96. The van der Waals surface area contributed by atoms with Crippen molar-refractivity contribution in [1.29, 1.82) is 0 Å². The lowest BCUT2D eigenvalue weighted by Crippen LogP contribution is -2.44. The van der Waals surface area contributed by atoms with Gasteiger partial charge in [-0.2, -0.15) is 0 Å². The molecule has 5 heteroatoms. The maximum Gasteiger partial charge on any atom is 0.248 e. The lowest BCUT2D eigenvalue weighted by molar-refractivity contribution is -0.126. The van der Waals surface area contributed by atoms with Crippen LogP contribution in [0.3, 0.4) is 0 Å². The predicted molar refractivity (Wildman–Crippen MR) is 98.9 cm³/mol. The summed E-state index contributed by atoms with van der Waals surface area (Å²) in [6.45, 7) is 5.99. The Balaban J connectivity index is 1.99. The Morgan fingerprint density at radius 1 is 1.12 bits per heavy atom. The molecule has 1 aromatic rings. The summed E-state index contributed by atoms with van der Waals surface area (Å²) in [5.41, 5.74) is 2.92. The van der Waals surface area contributed by atoms with Crippen molar-refractivity contribution in [3.63, 3.8) is 0 Å². The van der Waals surface area contributed by atoms with E-state index in [0.717, 1.165) is 49.4 Å². The van der Waals surface area contributed by atoms with Crippen LogP contribution >= 0.6 is 0 Å². The molecule has 0 atom stereocenters. The second-order valence-corrected chi connectivity index (χ2v) is 7.49. The number of likely N-dealkylation sites (tertiary alicyclic amines) is 1. The lowest BCUT2D eigenvalue weighted by atomic mass is 9.85. The Kier molecular flexibility index (Phi) is 4.93. The van der Waals surface area contributed by atoms with E-state index in [1.54, 1.807) is 20.3 Å². The van der Waals surface area contributed by atoms with Gasteiger partial charge in [0, 0.05) is 36.0 Å². The Bertz CT molecular complexity index is 688. The Labute approximate surface area is 150 Å². The molecule has 3 rings (SSSR count). The highest BCUT2D eigenvalue weighted by atomic mass is 16.5. The van der Waals surface area contributed by atoms with E-state index in [0.29, 0.717) is 5.75 Å². The van der Waals surface area contributed by atoms with Gasteiger partial charge in [0.25, 0.3) is 0 Å². The number of hydrogen-bond donors (Lipinski definition) is 1. The van der Waals surface area contributed by atoms with Crippen molar-refractivity contribution in [3.05, 3.63) is 29.3 Å². The molecule has 1 amide bonds. The summed E-state index contributed by atoms with van der Waals surface area (Å²) in [5, 5.41) is 3.52. The van der Waals surface area contributed by atoms with Crippen molar-refractivity contribution in [3.8, 4) is 11.5 Å². The third kappa shape index (κ3) is 3.75. The highest BCUT2D eigenvalue weighted by Crippen LogP contribution is 2.38. The SMILES string of the molecule is COc1cc2c(cc1OC)C(=CC(=O)N1CCCCC1)NC(C)(C)C2. The monoisotopic (exact) mass is 344 g/mol. The quantitative estimate of drug-likeness (QED) is 0.857. The van der Waals surface area contributed by atoms with E-state index in [1.165, 1.54) is 12.0 Å². The van der Waals surface area contributed by atoms with Crippen LogP contribution in [-0.4, -0.2) is 43.7 Å². The van der Waals surface area contributed by atoms with Gasteiger partial charge in [0.1, 0.15) is 0 Å². The van der Waals surface area contributed by atoms with Crippen LogP contribution in [0, 0.1) is 0 Å². The summed E-state index contributed by atoms with van der Waals surface area (Å²) >= 11 is 0. The minimum Gasteiger partial charge on any atom is -0.493 e. The molecule has 1 N–H and O–H groups in total. The summed E-state index contributed by atoms with van der Waals surface area (Å²) in [6, 6.07) is 3.99. The number of nitrogens with one attached hydrogen (secondary N) is 1. The number of nitrogens with zero attached hydrogens (tertiary/aromatic N) is 1. The molecular formula is C20H28N2O3. The van der Waals surface area contributed by atoms with Gasteiger partial charge in [-0.1, -0.05) is 0 Å². The minimum atomic E-state index is -0.124. The first-order chi connectivity index (χ1) is 11.9. The van der Waals surface area contributed by atoms with Crippen molar-refractivity contribution in [2.45, 2.75) is 45.1 Å². The Morgan fingerprint density at radius 3 is 2.40 bits per heavy atom. The van der Waals surface area contributed by atoms with E-state index in [9.17, 15) is 4.79 Å². The second kappa shape index (κ2) is 6.98. The van der Waals surface area contributed by atoms with E-state index in [-0.39, 0.29) is 11.4 Å². The van der Waals surface area contributed by atoms with Crippen LogP contribution in [0.25, 0.3) is 5.70 Å². The summed E-state index contributed by atoms with van der Waals surface area (Å²) in [5.74, 6) is 1.49. The molecule has 1 fully saturated rings. The van der Waals surface area contributed by atoms with Crippen LogP contribution < -0.4 is 14.8 Å². The fourth-order valence-corrected chi connectivity index (χ4v) is 3.71. The molecule has 0 radical (unpaired) electrons. The van der Waals surface area contributed by atoms with Gasteiger partial charge in [-0.15, -0.1) is 0 Å². The van der Waals surface area contributed by atoms with Crippen LogP contribution in [-0.2, 0) is 11.2 Å². The van der Waals surface area contributed by atoms with Gasteiger partial charge in [0.05, 0.1) is 14.2 Å². The van der Waals surface area contributed by atoms with E-state index in [4.69, 9.17) is 9.47 Å². The average molecular weight is 344 g/mol. The number of ether oxygens (including phenoxy) is 2. The number of carbonyl (C=O) groups is 1. The van der Waals surface area contributed by atoms with Gasteiger partial charge < -0.3 is 19.7 Å². The van der Waals surface area contributed by atoms with Gasteiger partial charge in [0.2, 0.25) is 5.91 Å². The first-order valence-corrected chi connectivity index (χ1v) is 8.97. The van der Waals surface area contributed by atoms with Gasteiger partial charge in [-0.3, -0.25) is 4.79 Å². The summed E-state index contributed by atoms with van der Waals surface area (Å²) in [6.07, 6.45) is 6.01. The molecule has 0 aromatic heterocycles. The lowest BCUT2D eigenvalue weighted by Gasteiger charge is -2.36. The molecule has 2 aliphatic heterocycles. The molecule has 0 aliphatic carbocycles. The summed E-state index contributed by atoms with van der Waals surface area (Å²) < 4.78 is 10.9. The van der Waals surface area contributed by atoms with E-state index in [2.05, 4.69) is 19.2 Å².